The molecule has 1 heterocycles. The molecule has 0 saturated heterocycles. The number of hydrogen-bond donors (Lipinski definition) is 1. The molecule has 0 atom stereocenters. The number of rotatable bonds is 2. The van der Waals surface area contributed by atoms with E-state index in [0.29, 0.717) is 11.5 Å². The Morgan fingerprint density at radius 2 is 1.75 bits per heavy atom. The van der Waals surface area contributed by atoms with Crippen LogP contribution < -0.4 is 5.73 Å². The normalized spacial score (nSPS) is 10.7. The molecule has 3 aromatic rings. The summed E-state index contributed by atoms with van der Waals surface area (Å²) in [6.45, 7) is 4.09. The summed E-state index contributed by atoms with van der Waals surface area (Å²) in [5.74, 6) is 0.560. The standard InChI is InChI=1S/C16H16N4/c1-11-8-9-12(2)14(10-11)20-16(17)15(18-19-20)13-6-4-3-5-7-13/h3-10H,17H2,1-2H3. The summed E-state index contributed by atoms with van der Waals surface area (Å²) < 4.78 is 1.70. The van der Waals surface area contributed by atoms with Crippen LogP contribution in [0.3, 0.4) is 0 Å². The lowest BCUT2D eigenvalue weighted by atomic mass is 10.1. The quantitative estimate of drug-likeness (QED) is 0.773. The van der Waals surface area contributed by atoms with Crippen LogP contribution in [0.4, 0.5) is 5.82 Å². The van der Waals surface area contributed by atoms with Crippen molar-refractivity contribution in [1.29, 1.82) is 0 Å². The predicted molar refractivity (Wildman–Crippen MR) is 80.7 cm³/mol. The molecule has 0 bridgehead atoms. The fourth-order valence-electron chi connectivity index (χ4n) is 2.22. The van der Waals surface area contributed by atoms with Gasteiger partial charge in [-0.15, -0.1) is 5.10 Å². The van der Waals surface area contributed by atoms with Crippen LogP contribution in [0, 0.1) is 13.8 Å². The van der Waals surface area contributed by atoms with Crippen molar-refractivity contribution in [1.82, 2.24) is 15.0 Å². The van der Waals surface area contributed by atoms with Crippen molar-refractivity contribution in [3.63, 3.8) is 0 Å². The average molecular weight is 264 g/mol. The smallest absolute Gasteiger partial charge is 0.155 e. The number of benzene rings is 2. The summed E-state index contributed by atoms with van der Waals surface area (Å²) in [7, 11) is 0. The lowest BCUT2D eigenvalue weighted by Gasteiger charge is -2.08. The first-order valence-corrected chi connectivity index (χ1v) is 6.51. The summed E-state index contributed by atoms with van der Waals surface area (Å²) in [5.41, 5.74) is 11.2. The Balaban J connectivity index is 2.14. The monoisotopic (exact) mass is 264 g/mol. The highest BCUT2D eigenvalue weighted by Crippen LogP contribution is 2.26. The van der Waals surface area contributed by atoms with Crippen molar-refractivity contribution >= 4 is 5.82 Å². The molecule has 100 valence electrons. The van der Waals surface area contributed by atoms with E-state index >= 15 is 0 Å². The number of anilines is 1. The van der Waals surface area contributed by atoms with Gasteiger partial charge in [0.2, 0.25) is 0 Å². The van der Waals surface area contributed by atoms with Crippen LogP contribution in [0.5, 0.6) is 0 Å². The second-order valence-corrected chi connectivity index (χ2v) is 4.89. The van der Waals surface area contributed by atoms with Crippen LogP contribution in [0.1, 0.15) is 11.1 Å². The minimum atomic E-state index is 0.560. The molecule has 0 unspecified atom stereocenters. The van der Waals surface area contributed by atoms with Crippen LogP contribution in [0.2, 0.25) is 0 Å². The molecule has 0 saturated carbocycles. The molecule has 0 aliphatic heterocycles. The van der Waals surface area contributed by atoms with E-state index in [2.05, 4.69) is 28.5 Å². The Bertz CT molecular complexity index is 744. The molecule has 2 aromatic carbocycles. The lowest BCUT2D eigenvalue weighted by molar-refractivity contribution is 0.805. The second kappa shape index (κ2) is 4.81. The van der Waals surface area contributed by atoms with Gasteiger partial charge in [-0.25, -0.2) is 0 Å². The minimum absolute atomic E-state index is 0.560. The first-order chi connectivity index (χ1) is 9.66. The molecule has 2 N–H and O–H groups in total. The average Bonchev–Trinajstić information content (AvgIpc) is 2.84. The molecule has 1 aromatic heterocycles. The van der Waals surface area contributed by atoms with Gasteiger partial charge >= 0.3 is 0 Å². The number of aromatic nitrogens is 3. The number of aryl methyl sites for hydroxylation is 2. The van der Waals surface area contributed by atoms with Gasteiger partial charge in [-0.1, -0.05) is 47.7 Å². The van der Waals surface area contributed by atoms with Crippen molar-refractivity contribution in [3.8, 4) is 16.9 Å². The summed E-state index contributed by atoms with van der Waals surface area (Å²) in [6, 6.07) is 16.1. The molecule has 0 aliphatic carbocycles. The van der Waals surface area contributed by atoms with Crippen LogP contribution in [0.25, 0.3) is 16.9 Å². The first kappa shape index (κ1) is 12.4. The van der Waals surface area contributed by atoms with E-state index in [4.69, 9.17) is 5.73 Å². The fraction of sp³-hybridized carbons (Fsp3) is 0.125. The van der Waals surface area contributed by atoms with E-state index in [1.165, 1.54) is 5.56 Å². The Labute approximate surface area is 117 Å². The van der Waals surface area contributed by atoms with Crippen molar-refractivity contribution in [3.05, 3.63) is 59.7 Å². The molecule has 0 radical (unpaired) electrons. The Kier molecular flexibility index (Phi) is 2.99. The Morgan fingerprint density at radius 1 is 1.00 bits per heavy atom. The van der Waals surface area contributed by atoms with E-state index in [1.54, 1.807) is 4.68 Å². The number of nitrogens with zero attached hydrogens (tertiary/aromatic N) is 3. The van der Waals surface area contributed by atoms with Crippen molar-refractivity contribution in [2.24, 2.45) is 0 Å². The predicted octanol–water partition coefficient (Wildman–Crippen LogP) is 3.13. The van der Waals surface area contributed by atoms with Gasteiger partial charge in [0.25, 0.3) is 0 Å². The molecule has 0 aliphatic rings. The summed E-state index contributed by atoms with van der Waals surface area (Å²) in [6.07, 6.45) is 0. The summed E-state index contributed by atoms with van der Waals surface area (Å²) >= 11 is 0. The second-order valence-electron chi connectivity index (χ2n) is 4.89. The fourth-order valence-corrected chi connectivity index (χ4v) is 2.22. The van der Waals surface area contributed by atoms with Crippen LogP contribution in [-0.2, 0) is 0 Å². The highest BCUT2D eigenvalue weighted by atomic mass is 15.5. The van der Waals surface area contributed by atoms with E-state index in [-0.39, 0.29) is 0 Å². The Morgan fingerprint density at radius 3 is 2.50 bits per heavy atom. The SMILES string of the molecule is Cc1ccc(C)c(-n2nnc(-c3ccccc3)c2N)c1. The number of nitrogens with two attached hydrogens (primary N) is 1. The van der Waals surface area contributed by atoms with E-state index in [9.17, 15) is 0 Å². The maximum atomic E-state index is 6.22. The zero-order valence-electron chi connectivity index (χ0n) is 11.5. The first-order valence-electron chi connectivity index (χ1n) is 6.51. The molecule has 4 heteroatoms. The van der Waals surface area contributed by atoms with Gasteiger partial charge in [-0.05, 0) is 31.0 Å². The molecule has 4 nitrogen and oxygen atoms in total. The largest absolute Gasteiger partial charge is 0.382 e. The van der Waals surface area contributed by atoms with Crippen LogP contribution >= 0.6 is 0 Å². The molecular formula is C16H16N4. The zero-order chi connectivity index (χ0) is 14.1. The number of nitrogen functional groups attached to an aromatic ring is 1. The van der Waals surface area contributed by atoms with Crippen LogP contribution in [-0.4, -0.2) is 15.0 Å². The van der Waals surface area contributed by atoms with E-state index < -0.39 is 0 Å². The van der Waals surface area contributed by atoms with Crippen molar-refractivity contribution in [2.75, 3.05) is 5.73 Å². The Hall–Kier alpha value is -2.62. The number of hydrogen-bond acceptors (Lipinski definition) is 3. The minimum Gasteiger partial charge on any atom is -0.382 e. The molecule has 20 heavy (non-hydrogen) atoms. The van der Waals surface area contributed by atoms with Gasteiger partial charge in [0.15, 0.2) is 5.82 Å². The molecule has 3 rings (SSSR count). The van der Waals surface area contributed by atoms with Gasteiger partial charge in [-0.2, -0.15) is 4.68 Å². The summed E-state index contributed by atoms with van der Waals surface area (Å²) in [5, 5.41) is 8.43. The maximum Gasteiger partial charge on any atom is 0.155 e. The molecular weight excluding hydrogens is 248 g/mol. The topological polar surface area (TPSA) is 56.7 Å². The van der Waals surface area contributed by atoms with Gasteiger partial charge < -0.3 is 5.73 Å². The van der Waals surface area contributed by atoms with Crippen molar-refractivity contribution in [2.45, 2.75) is 13.8 Å². The highest BCUT2D eigenvalue weighted by molar-refractivity contribution is 5.71. The van der Waals surface area contributed by atoms with Crippen molar-refractivity contribution < 1.29 is 0 Å². The van der Waals surface area contributed by atoms with E-state index in [0.717, 1.165) is 16.8 Å². The third-order valence-electron chi connectivity index (χ3n) is 3.35. The zero-order valence-corrected chi connectivity index (χ0v) is 11.5. The van der Waals surface area contributed by atoms with Gasteiger partial charge in [-0.3, -0.25) is 0 Å². The molecule has 0 spiro atoms. The third kappa shape index (κ3) is 2.05. The molecule has 0 fully saturated rings. The maximum absolute atomic E-state index is 6.22. The van der Waals surface area contributed by atoms with Crippen LogP contribution in [0.15, 0.2) is 48.5 Å². The highest BCUT2D eigenvalue weighted by Gasteiger charge is 2.14. The molecule has 0 amide bonds. The van der Waals surface area contributed by atoms with Gasteiger partial charge in [0, 0.05) is 5.56 Å². The summed E-state index contributed by atoms with van der Waals surface area (Å²) in [4.78, 5) is 0. The van der Waals surface area contributed by atoms with Gasteiger partial charge in [0.05, 0.1) is 5.69 Å². The third-order valence-corrected chi connectivity index (χ3v) is 3.35. The van der Waals surface area contributed by atoms with E-state index in [1.807, 2.05) is 44.2 Å². The van der Waals surface area contributed by atoms with Gasteiger partial charge in [0.1, 0.15) is 5.69 Å². The lowest BCUT2D eigenvalue weighted by Crippen LogP contribution is -2.04.